The van der Waals surface area contributed by atoms with E-state index in [9.17, 15) is 9.59 Å². The highest BCUT2D eigenvalue weighted by Crippen LogP contribution is 2.27. The molecule has 1 amide bonds. The van der Waals surface area contributed by atoms with E-state index in [1.165, 1.54) is 115 Å². The van der Waals surface area contributed by atoms with Crippen LogP contribution in [0.25, 0.3) is 0 Å². The van der Waals surface area contributed by atoms with Gasteiger partial charge in [-0.1, -0.05) is 115 Å². The predicted octanol–water partition coefficient (Wildman–Crippen LogP) is 10.4. The van der Waals surface area contributed by atoms with E-state index in [1.54, 1.807) is 18.0 Å². The number of hydrogen-bond donors (Lipinski definition) is 0. The number of ether oxygens (including phenoxy) is 2. The average Bonchev–Trinajstić information content (AvgIpc) is 3.04. The molecule has 0 atom stereocenters. The number of rotatable bonds is 24. The van der Waals surface area contributed by atoms with Gasteiger partial charge in [0, 0.05) is 24.1 Å². The lowest BCUT2D eigenvalue weighted by Gasteiger charge is -2.19. The van der Waals surface area contributed by atoms with Gasteiger partial charge in [0.25, 0.3) is 0 Å². The van der Waals surface area contributed by atoms with Crippen LogP contribution in [0.15, 0.2) is 47.4 Å². The zero-order chi connectivity index (χ0) is 31.1. The summed E-state index contributed by atoms with van der Waals surface area (Å²) >= 11 is 1.48. The third kappa shape index (κ3) is 15.2. The fourth-order valence-electron chi connectivity index (χ4n) is 5.33. The van der Waals surface area contributed by atoms with Gasteiger partial charge in [-0.15, -0.1) is 11.8 Å². The number of esters is 1. The number of carbonyl (C=O) groups is 2. The van der Waals surface area contributed by atoms with Gasteiger partial charge in [0.1, 0.15) is 5.75 Å². The maximum Gasteiger partial charge on any atom is 0.339 e. The van der Waals surface area contributed by atoms with Crippen molar-refractivity contribution in [3.63, 3.8) is 0 Å². The standard InChI is InChI=1S/C37H57NO4S/c1-5-6-7-8-9-10-11-12-13-14-15-16-17-18-19-20-29-42-33-25-21-31(22-26-33)23-28-36(39)38(2)32-24-27-35(43-4)34(30-32)37(40)41-3/h21-22,24-27,30H,5-20,23,28-29H2,1-4H3. The Hall–Kier alpha value is -2.47. The Morgan fingerprint density at radius 3 is 1.79 bits per heavy atom. The lowest BCUT2D eigenvalue weighted by Crippen LogP contribution is -2.26. The number of aryl methyl sites for hydroxylation is 1. The highest BCUT2D eigenvalue weighted by atomic mass is 32.2. The number of carbonyl (C=O) groups excluding carboxylic acids is 2. The number of methoxy groups -OCH3 is 1. The molecule has 0 saturated heterocycles. The van der Waals surface area contributed by atoms with Crippen molar-refractivity contribution in [2.45, 2.75) is 127 Å². The summed E-state index contributed by atoms with van der Waals surface area (Å²) in [5.41, 5.74) is 2.26. The summed E-state index contributed by atoms with van der Waals surface area (Å²) in [5.74, 6) is 0.484. The van der Waals surface area contributed by atoms with Gasteiger partial charge in [-0.3, -0.25) is 4.79 Å². The lowest BCUT2D eigenvalue weighted by molar-refractivity contribution is -0.118. The van der Waals surface area contributed by atoms with Gasteiger partial charge in [0.15, 0.2) is 0 Å². The Kier molecular flexibility index (Phi) is 19.6. The molecule has 5 nitrogen and oxygen atoms in total. The molecule has 0 spiro atoms. The largest absolute Gasteiger partial charge is 0.494 e. The van der Waals surface area contributed by atoms with Crippen LogP contribution in [0.3, 0.4) is 0 Å². The molecule has 0 unspecified atom stereocenters. The minimum absolute atomic E-state index is 0.00320. The maximum atomic E-state index is 12.9. The normalized spacial score (nSPS) is 11.0. The van der Waals surface area contributed by atoms with E-state index in [0.717, 1.165) is 29.2 Å². The summed E-state index contributed by atoms with van der Waals surface area (Å²) in [5, 5.41) is 0. The second-order valence-corrected chi connectivity index (χ2v) is 12.5. The summed E-state index contributed by atoms with van der Waals surface area (Å²) in [6.07, 6.45) is 24.8. The molecule has 43 heavy (non-hydrogen) atoms. The summed E-state index contributed by atoms with van der Waals surface area (Å²) in [6.45, 7) is 3.04. The highest BCUT2D eigenvalue weighted by Gasteiger charge is 2.17. The molecule has 0 fully saturated rings. The molecule has 6 heteroatoms. The molecule has 0 saturated carbocycles. The van der Waals surface area contributed by atoms with E-state index in [0.29, 0.717) is 24.1 Å². The Morgan fingerprint density at radius 1 is 0.744 bits per heavy atom. The molecular formula is C37H57NO4S. The van der Waals surface area contributed by atoms with E-state index in [4.69, 9.17) is 9.47 Å². The Balaban J connectivity index is 1.53. The van der Waals surface area contributed by atoms with Crippen LogP contribution >= 0.6 is 11.8 Å². The summed E-state index contributed by atoms with van der Waals surface area (Å²) in [6, 6.07) is 13.5. The molecule has 0 heterocycles. The topological polar surface area (TPSA) is 55.8 Å². The Labute approximate surface area is 266 Å². The molecule has 0 aliphatic heterocycles. The van der Waals surface area contributed by atoms with Crippen LogP contribution in [0.2, 0.25) is 0 Å². The minimum atomic E-state index is -0.399. The number of unbranched alkanes of at least 4 members (excludes halogenated alkanes) is 15. The summed E-state index contributed by atoms with van der Waals surface area (Å²) < 4.78 is 10.8. The smallest absolute Gasteiger partial charge is 0.339 e. The molecule has 0 N–H and O–H groups in total. The van der Waals surface area contributed by atoms with Crippen LogP contribution in [0.4, 0.5) is 5.69 Å². The van der Waals surface area contributed by atoms with Gasteiger partial charge in [-0.25, -0.2) is 4.79 Å². The zero-order valence-corrected chi connectivity index (χ0v) is 28.3. The first-order valence-corrected chi connectivity index (χ1v) is 18.0. The molecule has 0 aromatic heterocycles. The SMILES string of the molecule is CCCCCCCCCCCCCCCCCCOc1ccc(CCC(=O)N(C)c2ccc(SC)c(C(=O)OC)c2)cc1. The number of thioether (sulfide) groups is 1. The molecule has 2 aromatic rings. The number of amides is 1. The van der Waals surface area contributed by atoms with Crippen LogP contribution in [-0.4, -0.2) is 38.9 Å². The summed E-state index contributed by atoms with van der Waals surface area (Å²) in [4.78, 5) is 27.4. The van der Waals surface area contributed by atoms with Crippen molar-refractivity contribution in [1.82, 2.24) is 0 Å². The number of nitrogens with zero attached hydrogens (tertiary/aromatic N) is 1. The fourth-order valence-corrected chi connectivity index (χ4v) is 5.90. The van der Waals surface area contributed by atoms with E-state index < -0.39 is 5.97 Å². The fraction of sp³-hybridized carbons (Fsp3) is 0.622. The van der Waals surface area contributed by atoms with Gasteiger partial charge in [-0.05, 0) is 55.0 Å². The quantitative estimate of drug-likeness (QED) is 0.0671. The molecule has 0 radical (unpaired) electrons. The van der Waals surface area contributed by atoms with Crippen LogP contribution in [-0.2, 0) is 16.0 Å². The van der Waals surface area contributed by atoms with Crippen molar-refractivity contribution >= 4 is 29.3 Å². The van der Waals surface area contributed by atoms with Gasteiger partial charge in [0.05, 0.1) is 19.3 Å². The van der Waals surface area contributed by atoms with Crippen molar-refractivity contribution in [2.75, 3.05) is 31.9 Å². The van der Waals surface area contributed by atoms with Crippen LogP contribution in [0.1, 0.15) is 132 Å². The molecule has 0 bridgehead atoms. The van der Waals surface area contributed by atoms with Gasteiger partial charge in [0.2, 0.25) is 5.91 Å². The van der Waals surface area contributed by atoms with Crippen molar-refractivity contribution in [1.29, 1.82) is 0 Å². The molecule has 0 aliphatic rings. The van der Waals surface area contributed by atoms with Gasteiger partial charge >= 0.3 is 5.97 Å². The third-order valence-corrected chi connectivity index (χ3v) is 8.96. The van der Waals surface area contributed by atoms with Crippen LogP contribution in [0, 0.1) is 0 Å². The van der Waals surface area contributed by atoms with E-state index >= 15 is 0 Å². The lowest BCUT2D eigenvalue weighted by atomic mass is 10.0. The van der Waals surface area contributed by atoms with Gasteiger partial charge < -0.3 is 14.4 Å². The monoisotopic (exact) mass is 611 g/mol. The summed E-state index contributed by atoms with van der Waals surface area (Å²) in [7, 11) is 3.11. The maximum absolute atomic E-state index is 12.9. The molecule has 240 valence electrons. The third-order valence-electron chi connectivity index (χ3n) is 8.17. The van der Waals surface area contributed by atoms with Crippen LogP contribution in [0.5, 0.6) is 5.75 Å². The van der Waals surface area contributed by atoms with E-state index in [1.807, 2.05) is 42.7 Å². The minimum Gasteiger partial charge on any atom is -0.494 e. The molecular weight excluding hydrogens is 554 g/mol. The average molecular weight is 612 g/mol. The first kappa shape index (κ1) is 36.7. The van der Waals surface area contributed by atoms with Crippen molar-refractivity contribution in [3.8, 4) is 5.75 Å². The number of benzene rings is 2. The van der Waals surface area contributed by atoms with E-state index in [-0.39, 0.29) is 5.91 Å². The number of anilines is 1. The van der Waals surface area contributed by atoms with E-state index in [2.05, 4.69) is 6.92 Å². The van der Waals surface area contributed by atoms with Gasteiger partial charge in [-0.2, -0.15) is 0 Å². The zero-order valence-electron chi connectivity index (χ0n) is 27.5. The second kappa shape index (κ2) is 23.0. The predicted molar refractivity (Wildman–Crippen MR) is 183 cm³/mol. The molecule has 2 rings (SSSR count). The Bertz CT molecular complexity index is 1040. The first-order chi connectivity index (χ1) is 21.0. The highest BCUT2D eigenvalue weighted by molar-refractivity contribution is 7.98. The molecule has 2 aromatic carbocycles. The second-order valence-electron chi connectivity index (χ2n) is 11.6. The van der Waals surface area contributed by atoms with Crippen LogP contribution < -0.4 is 9.64 Å². The van der Waals surface area contributed by atoms with Crippen molar-refractivity contribution < 1.29 is 19.1 Å². The van der Waals surface area contributed by atoms with Crippen molar-refractivity contribution in [2.24, 2.45) is 0 Å². The molecule has 0 aliphatic carbocycles. The first-order valence-electron chi connectivity index (χ1n) is 16.7. The number of hydrogen-bond acceptors (Lipinski definition) is 5. The van der Waals surface area contributed by atoms with Crippen molar-refractivity contribution in [3.05, 3.63) is 53.6 Å². The Morgan fingerprint density at radius 2 is 1.28 bits per heavy atom.